The predicted octanol–water partition coefficient (Wildman–Crippen LogP) is 4.75. The normalized spacial score (nSPS) is 11.4. The van der Waals surface area contributed by atoms with E-state index in [4.69, 9.17) is 14.2 Å². The quantitative estimate of drug-likeness (QED) is 0.336. The number of ether oxygens (including phenoxy) is 3. The molecule has 0 unspecified atom stereocenters. The van der Waals surface area contributed by atoms with Gasteiger partial charge in [-0.1, -0.05) is 12.1 Å². The third kappa shape index (κ3) is 4.75. The molecule has 0 aliphatic heterocycles. The average Bonchev–Trinajstić information content (AvgIpc) is 3.30. The summed E-state index contributed by atoms with van der Waals surface area (Å²) in [4.78, 5) is 16.0. The number of imidazole rings is 1. The van der Waals surface area contributed by atoms with Crippen molar-refractivity contribution in [2.45, 2.75) is 12.7 Å². The molecule has 2 aromatic heterocycles. The zero-order valence-corrected chi connectivity index (χ0v) is 18.4. The topological polar surface area (TPSA) is 106 Å². The van der Waals surface area contributed by atoms with E-state index >= 15 is 0 Å². The Hall–Kier alpha value is -4.22. The number of nitrogens with one attached hydrogen (secondary N) is 3. The van der Waals surface area contributed by atoms with Gasteiger partial charge in [0.25, 0.3) is 0 Å². The van der Waals surface area contributed by atoms with Gasteiger partial charge in [-0.3, -0.25) is 0 Å². The molecular formula is C22H21F3N6O3. The molecule has 0 spiro atoms. The first-order chi connectivity index (χ1) is 16.3. The molecule has 2 heterocycles. The second kappa shape index (κ2) is 9.33. The van der Waals surface area contributed by atoms with Gasteiger partial charge in [0.05, 0.1) is 33.2 Å². The Morgan fingerprint density at radius 2 is 1.71 bits per heavy atom. The van der Waals surface area contributed by atoms with Crippen LogP contribution in [0.1, 0.15) is 11.1 Å². The van der Waals surface area contributed by atoms with Crippen molar-refractivity contribution in [3.63, 3.8) is 0 Å². The average molecular weight is 474 g/mol. The van der Waals surface area contributed by atoms with E-state index in [-0.39, 0.29) is 12.5 Å². The maximum absolute atomic E-state index is 13.0. The van der Waals surface area contributed by atoms with Crippen LogP contribution in [0.3, 0.4) is 0 Å². The first-order valence-corrected chi connectivity index (χ1v) is 10.0. The Kier molecular flexibility index (Phi) is 6.30. The molecule has 12 heteroatoms. The van der Waals surface area contributed by atoms with Crippen LogP contribution in [0.25, 0.3) is 11.2 Å². The number of H-pyrrole nitrogens is 1. The number of hydrogen-bond acceptors (Lipinski definition) is 8. The maximum atomic E-state index is 13.0. The van der Waals surface area contributed by atoms with Crippen molar-refractivity contribution >= 4 is 28.6 Å². The lowest BCUT2D eigenvalue weighted by Gasteiger charge is -2.15. The third-order valence-electron chi connectivity index (χ3n) is 4.92. The highest BCUT2D eigenvalue weighted by molar-refractivity contribution is 5.84. The lowest BCUT2D eigenvalue weighted by molar-refractivity contribution is -0.137. The van der Waals surface area contributed by atoms with E-state index in [0.29, 0.717) is 45.5 Å². The van der Waals surface area contributed by atoms with E-state index in [1.165, 1.54) is 33.7 Å². The Balaban J connectivity index is 1.62. The van der Waals surface area contributed by atoms with Gasteiger partial charge in [-0.25, -0.2) is 4.98 Å². The Morgan fingerprint density at radius 3 is 2.35 bits per heavy atom. The van der Waals surface area contributed by atoms with Gasteiger partial charge >= 0.3 is 6.18 Å². The highest BCUT2D eigenvalue weighted by atomic mass is 19.4. The van der Waals surface area contributed by atoms with Gasteiger partial charge in [0.2, 0.25) is 11.7 Å². The molecule has 34 heavy (non-hydrogen) atoms. The number of alkyl halides is 3. The number of halogens is 3. The van der Waals surface area contributed by atoms with Gasteiger partial charge in [-0.15, -0.1) is 0 Å². The molecule has 2 aromatic carbocycles. The lowest BCUT2D eigenvalue weighted by Crippen LogP contribution is -2.08. The molecule has 0 bridgehead atoms. The van der Waals surface area contributed by atoms with Crippen molar-refractivity contribution in [3.05, 3.63) is 53.9 Å². The van der Waals surface area contributed by atoms with Crippen molar-refractivity contribution in [2.75, 3.05) is 32.0 Å². The molecule has 0 saturated heterocycles. The number of aromatic nitrogens is 4. The zero-order chi connectivity index (χ0) is 24.3. The van der Waals surface area contributed by atoms with E-state index in [1.807, 2.05) is 0 Å². The van der Waals surface area contributed by atoms with Crippen LogP contribution in [0.2, 0.25) is 0 Å². The van der Waals surface area contributed by atoms with Crippen LogP contribution in [0.5, 0.6) is 17.2 Å². The van der Waals surface area contributed by atoms with Crippen LogP contribution < -0.4 is 24.8 Å². The molecule has 0 aliphatic carbocycles. The molecule has 0 amide bonds. The largest absolute Gasteiger partial charge is 0.493 e. The Bertz CT molecular complexity index is 1280. The monoisotopic (exact) mass is 474 g/mol. The predicted molar refractivity (Wildman–Crippen MR) is 120 cm³/mol. The number of methoxy groups -OCH3 is 3. The summed E-state index contributed by atoms with van der Waals surface area (Å²) in [5.74, 6) is 1.89. The van der Waals surface area contributed by atoms with Crippen molar-refractivity contribution in [3.8, 4) is 17.2 Å². The van der Waals surface area contributed by atoms with Crippen molar-refractivity contribution in [1.82, 2.24) is 19.9 Å². The molecule has 4 rings (SSSR count). The number of aromatic amines is 1. The molecular weight excluding hydrogens is 453 g/mol. The van der Waals surface area contributed by atoms with Crippen LogP contribution in [-0.4, -0.2) is 41.3 Å². The third-order valence-corrected chi connectivity index (χ3v) is 4.92. The van der Waals surface area contributed by atoms with E-state index in [0.717, 1.165) is 12.1 Å². The molecule has 0 atom stereocenters. The summed E-state index contributed by atoms with van der Waals surface area (Å²) in [6, 6.07) is 8.46. The summed E-state index contributed by atoms with van der Waals surface area (Å²) >= 11 is 0. The number of benzene rings is 2. The van der Waals surface area contributed by atoms with E-state index in [2.05, 4.69) is 30.6 Å². The van der Waals surface area contributed by atoms with Crippen LogP contribution >= 0.6 is 0 Å². The molecule has 0 fully saturated rings. The van der Waals surface area contributed by atoms with Gasteiger partial charge in [-0.05, 0) is 17.7 Å². The highest BCUT2D eigenvalue weighted by Crippen LogP contribution is 2.40. The summed E-state index contributed by atoms with van der Waals surface area (Å²) in [7, 11) is 4.51. The van der Waals surface area contributed by atoms with Crippen LogP contribution in [0, 0.1) is 0 Å². The summed E-state index contributed by atoms with van der Waals surface area (Å²) in [6.45, 7) is 0.110. The number of anilines is 3. The first-order valence-electron chi connectivity index (χ1n) is 10.0. The highest BCUT2D eigenvalue weighted by Gasteiger charge is 2.30. The van der Waals surface area contributed by atoms with E-state index in [9.17, 15) is 13.2 Å². The number of fused-ring (bicyclic) bond motifs is 1. The fraction of sp³-hybridized carbons (Fsp3) is 0.227. The summed E-state index contributed by atoms with van der Waals surface area (Å²) in [5.41, 5.74) is 1.18. The van der Waals surface area contributed by atoms with Gasteiger partial charge in [-0.2, -0.15) is 23.1 Å². The van der Waals surface area contributed by atoms with Crippen molar-refractivity contribution < 1.29 is 27.4 Å². The molecule has 178 valence electrons. The maximum Gasteiger partial charge on any atom is 0.416 e. The smallest absolute Gasteiger partial charge is 0.416 e. The summed E-state index contributed by atoms with van der Waals surface area (Å²) in [6.07, 6.45) is -2.96. The minimum Gasteiger partial charge on any atom is -0.493 e. The number of hydrogen-bond donors (Lipinski definition) is 3. The molecule has 9 nitrogen and oxygen atoms in total. The number of rotatable bonds is 8. The second-order valence-electron chi connectivity index (χ2n) is 7.09. The molecule has 4 aromatic rings. The fourth-order valence-electron chi connectivity index (χ4n) is 3.34. The molecule has 3 N–H and O–H groups in total. The first kappa shape index (κ1) is 23.0. The molecule has 0 radical (unpaired) electrons. The van der Waals surface area contributed by atoms with Gasteiger partial charge < -0.3 is 29.8 Å². The van der Waals surface area contributed by atoms with Crippen molar-refractivity contribution in [2.24, 2.45) is 0 Å². The Labute approximate surface area is 192 Å². The van der Waals surface area contributed by atoms with Crippen molar-refractivity contribution in [1.29, 1.82) is 0 Å². The SMILES string of the molecule is COc1cc(Nc2nc(NCc3cccc(C(F)(F)F)c3)c3[nH]cnc3n2)cc(OC)c1OC. The number of nitrogens with zero attached hydrogens (tertiary/aromatic N) is 3. The van der Waals surface area contributed by atoms with Crippen LogP contribution in [0.4, 0.5) is 30.6 Å². The second-order valence-corrected chi connectivity index (χ2v) is 7.09. The van der Waals surface area contributed by atoms with Gasteiger partial charge in [0.1, 0.15) is 5.52 Å². The summed E-state index contributed by atoms with van der Waals surface area (Å²) < 4.78 is 55.1. The van der Waals surface area contributed by atoms with Gasteiger partial charge in [0, 0.05) is 24.4 Å². The van der Waals surface area contributed by atoms with Crippen LogP contribution in [0.15, 0.2) is 42.7 Å². The lowest BCUT2D eigenvalue weighted by atomic mass is 10.1. The fourth-order valence-corrected chi connectivity index (χ4v) is 3.34. The zero-order valence-electron chi connectivity index (χ0n) is 18.4. The summed E-state index contributed by atoms with van der Waals surface area (Å²) in [5, 5.41) is 6.13. The molecule has 0 aliphatic rings. The minimum absolute atomic E-state index is 0.110. The van der Waals surface area contributed by atoms with Crippen LogP contribution in [-0.2, 0) is 12.7 Å². The van der Waals surface area contributed by atoms with E-state index < -0.39 is 11.7 Å². The minimum atomic E-state index is -4.42. The van der Waals surface area contributed by atoms with Gasteiger partial charge in [0.15, 0.2) is 23.0 Å². The van der Waals surface area contributed by atoms with E-state index in [1.54, 1.807) is 18.2 Å². The molecule has 0 saturated carbocycles. The Morgan fingerprint density at radius 1 is 0.971 bits per heavy atom. The standard InChI is InChI=1S/C22H21F3N6O3/c1-32-15-8-14(9-16(33-2)18(15)34-3)29-21-30-19(17-20(31-21)28-11-27-17)26-10-12-5-4-6-13(7-12)22(23,24)25/h4-9,11H,10H2,1-3H3,(H3,26,27,28,29,30,31).